The van der Waals surface area contributed by atoms with Crippen molar-refractivity contribution in [3.8, 4) is 16.9 Å². The van der Waals surface area contributed by atoms with Crippen LogP contribution in [0.4, 0.5) is 0 Å². The highest BCUT2D eigenvalue weighted by Gasteiger charge is 2.31. The van der Waals surface area contributed by atoms with Crippen LogP contribution in [0.25, 0.3) is 16.9 Å². The topological polar surface area (TPSA) is 84.3 Å². The number of sulfone groups is 1. The van der Waals surface area contributed by atoms with Crippen LogP contribution in [-0.4, -0.2) is 59.6 Å². The Morgan fingerprint density at radius 1 is 1.16 bits per heavy atom. The van der Waals surface area contributed by atoms with E-state index in [0.717, 1.165) is 22.5 Å². The molecule has 3 aromatic rings. The van der Waals surface area contributed by atoms with Crippen LogP contribution < -0.4 is 5.32 Å². The standard InChI is InChI=1S/C24H28N4O3S/c1-18(24(29)25-21-13-14-32(30,31)17-21)27(2)15-20-16-28(22-11-7-4-8-12-22)26-23(20)19-9-5-3-6-10-19/h3-12,16,18,21H,13-15,17H2,1-2H3,(H,25,29). The second kappa shape index (κ2) is 9.26. The van der Waals surface area contributed by atoms with Crippen LogP contribution in [0.1, 0.15) is 18.9 Å². The van der Waals surface area contributed by atoms with Gasteiger partial charge >= 0.3 is 0 Å². The van der Waals surface area contributed by atoms with E-state index in [1.807, 2.05) is 90.4 Å². The van der Waals surface area contributed by atoms with E-state index < -0.39 is 15.9 Å². The van der Waals surface area contributed by atoms with Crippen LogP contribution in [0, 0.1) is 0 Å². The van der Waals surface area contributed by atoms with Crippen molar-refractivity contribution in [2.24, 2.45) is 0 Å². The van der Waals surface area contributed by atoms with Gasteiger partial charge in [0.05, 0.1) is 28.9 Å². The van der Waals surface area contributed by atoms with Gasteiger partial charge in [-0.1, -0.05) is 48.5 Å². The van der Waals surface area contributed by atoms with Crippen LogP contribution in [0.15, 0.2) is 66.9 Å². The van der Waals surface area contributed by atoms with Crippen LogP contribution >= 0.6 is 0 Å². The molecule has 2 aromatic carbocycles. The zero-order valence-electron chi connectivity index (χ0n) is 18.3. The molecular formula is C24H28N4O3S. The average molecular weight is 453 g/mol. The summed E-state index contributed by atoms with van der Waals surface area (Å²) in [5.74, 6) is 0.00431. The Bertz CT molecular complexity index is 1180. The van der Waals surface area contributed by atoms with E-state index in [4.69, 9.17) is 5.10 Å². The molecule has 1 aliphatic rings. The summed E-state index contributed by atoms with van der Waals surface area (Å²) in [7, 11) is -1.14. The normalized spacial score (nSPS) is 18.5. The molecule has 168 valence electrons. The molecule has 2 unspecified atom stereocenters. The van der Waals surface area contributed by atoms with Crippen molar-refractivity contribution in [2.75, 3.05) is 18.6 Å². The van der Waals surface area contributed by atoms with E-state index in [9.17, 15) is 13.2 Å². The maximum atomic E-state index is 12.8. The molecular weight excluding hydrogens is 424 g/mol. The Balaban J connectivity index is 1.53. The van der Waals surface area contributed by atoms with Gasteiger partial charge in [0.25, 0.3) is 0 Å². The third-order valence-electron chi connectivity index (χ3n) is 5.90. The minimum absolute atomic E-state index is 0.0250. The molecule has 0 saturated carbocycles. The Morgan fingerprint density at radius 3 is 2.44 bits per heavy atom. The predicted molar refractivity (Wildman–Crippen MR) is 125 cm³/mol. The third-order valence-corrected chi connectivity index (χ3v) is 7.67. The Morgan fingerprint density at radius 2 is 1.81 bits per heavy atom. The molecule has 7 nitrogen and oxygen atoms in total. The zero-order chi connectivity index (χ0) is 22.7. The van der Waals surface area contributed by atoms with Gasteiger partial charge in [0, 0.05) is 29.9 Å². The van der Waals surface area contributed by atoms with Gasteiger partial charge in [-0.2, -0.15) is 5.10 Å². The highest BCUT2D eigenvalue weighted by Crippen LogP contribution is 2.25. The number of hydrogen-bond acceptors (Lipinski definition) is 5. The number of amides is 1. The number of nitrogens with one attached hydrogen (secondary N) is 1. The lowest BCUT2D eigenvalue weighted by Crippen LogP contribution is -2.47. The van der Waals surface area contributed by atoms with Gasteiger partial charge in [-0.3, -0.25) is 9.69 Å². The van der Waals surface area contributed by atoms with Crippen molar-refractivity contribution in [1.82, 2.24) is 20.0 Å². The second-order valence-corrected chi connectivity index (χ2v) is 10.6. The quantitative estimate of drug-likeness (QED) is 0.596. The number of rotatable bonds is 7. The lowest BCUT2D eigenvalue weighted by molar-refractivity contribution is -0.126. The predicted octanol–water partition coefficient (Wildman–Crippen LogP) is 2.66. The maximum absolute atomic E-state index is 12.8. The Labute approximate surface area is 189 Å². The number of nitrogens with zero attached hydrogens (tertiary/aromatic N) is 3. The molecule has 1 amide bonds. The zero-order valence-corrected chi connectivity index (χ0v) is 19.1. The number of carbonyl (C=O) groups excluding carboxylic acids is 1. The summed E-state index contributed by atoms with van der Waals surface area (Å²) in [6.07, 6.45) is 2.48. The largest absolute Gasteiger partial charge is 0.351 e. The van der Waals surface area contributed by atoms with Crippen LogP contribution in [0.3, 0.4) is 0 Å². The van der Waals surface area contributed by atoms with Crippen molar-refractivity contribution in [2.45, 2.75) is 32.0 Å². The molecule has 0 radical (unpaired) electrons. The van der Waals surface area contributed by atoms with Crippen molar-refractivity contribution in [3.05, 3.63) is 72.4 Å². The summed E-state index contributed by atoms with van der Waals surface area (Å²) < 4.78 is 25.2. The van der Waals surface area contributed by atoms with Gasteiger partial charge in [0.15, 0.2) is 9.84 Å². The van der Waals surface area contributed by atoms with Crippen molar-refractivity contribution in [3.63, 3.8) is 0 Å². The summed E-state index contributed by atoms with van der Waals surface area (Å²) in [4.78, 5) is 14.7. The fourth-order valence-electron chi connectivity index (χ4n) is 3.91. The minimum Gasteiger partial charge on any atom is -0.351 e. The number of para-hydroxylation sites is 1. The van der Waals surface area contributed by atoms with Gasteiger partial charge in [-0.05, 0) is 32.5 Å². The van der Waals surface area contributed by atoms with Crippen molar-refractivity contribution < 1.29 is 13.2 Å². The molecule has 0 spiro atoms. The number of hydrogen-bond donors (Lipinski definition) is 1. The first-order valence-corrected chi connectivity index (χ1v) is 12.5. The molecule has 0 aliphatic carbocycles. The first-order valence-electron chi connectivity index (χ1n) is 10.7. The summed E-state index contributed by atoms with van der Waals surface area (Å²) in [6.45, 7) is 2.36. The van der Waals surface area contributed by atoms with E-state index in [2.05, 4.69) is 5.32 Å². The number of carbonyl (C=O) groups is 1. The monoisotopic (exact) mass is 452 g/mol. The SMILES string of the molecule is CC(C(=O)NC1CCS(=O)(=O)C1)N(C)Cc1cn(-c2ccccc2)nc1-c1ccccc1. The molecule has 2 atom stereocenters. The molecule has 1 saturated heterocycles. The summed E-state index contributed by atoms with van der Waals surface area (Å²) >= 11 is 0. The summed E-state index contributed by atoms with van der Waals surface area (Å²) in [5.41, 5.74) is 3.85. The molecule has 32 heavy (non-hydrogen) atoms. The van der Waals surface area contributed by atoms with Gasteiger partial charge in [-0.15, -0.1) is 0 Å². The van der Waals surface area contributed by atoms with Crippen molar-refractivity contribution in [1.29, 1.82) is 0 Å². The van der Waals surface area contributed by atoms with Gasteiger partial charge in [-0.25, -0.2) is 13.1 Å². The number of aromatic nitrogens is 2. The number of likely N-dealkylation sites (N-methyl/N-ethyl adjacent to an activating group) is 1. The molecule has 1 aliphatic heterocycles. The van der Waals surface area contributed by atoms with Crippen molar-refractivity contribution >= 4 is 15.7 Å². The molecule has 1 fully saturated rings. The van der Waals surface area contributed by atoms with E-state index in [-0.39, 0.29) is 23.5 Å². The third kappa shape index (κ3) is 5.08. The van der Waals surface area contributed by atoms with E-state index in [1.165, 1.54) is 0 Å². The lowest BCUT2D eigenvalue weighted by Gasteiger charge is -2.25. The minimum atomic E-state index is -3.03. The smallest absolute Gasteiger partial charge is 0.237 e. The van der Waals surface area contributed by atoms with Crippen LogP contribution in [-0.2, 0) is 21.2 Å². The second-order valence-electron chi connectivity index (χ2n) is 8.35. The number of benzene rings is 2. The molecule has 1 N–H and O–H groups in total. The summed E-state index contributed by atoms with van der Waals surface area (Å²) in [6, 6.07) is 19.2. The van der Waals surface area contributed by atoms with Gasteiger partial charge in [0.1, 0.15) is 0 Å². The van der Waals surface area contributed by atoms with Gasteiger partial charge < -0.3 is 5.32 Å². The molecule has 0 bridgehead atoms. The lowest BCUT2D eigenvalue weighted by atomic mass is 10.1. The molecule has 1 aromatic heterocycles. The summed E-state index contributed by atoms with van der Waals surface area (Å²) in [5, 5.41) is 7.73. The highest BCUT2D eigenvalue weighted by molar-refractivity contribution is 7.91. The fourth-order valence-corrected chi connectivity index (χ4v) is 5.59. The van der Waals surface area contributed by atoms with E-state index in [0.29, 0.717) is 13.0 Å². The Kier molecular flexibility index (Phi) is 6.43. The van der Waals surface area contributed by atoms with Gasteiger partial charge in [0.2, 0.25) is 5.91 Å². The van der Waals surface area contributed by atoms with E-state index in [1.54, 1.807) is 0 Å². The Hall–Kier alpha value is -2.97. The van der Waals surface area contributed by atoms with Crippen LogP contribution in [0.2, 0.25) is 0 Å². The molecule has 2 heterocycles. The maximum Gasteiger partial charge on any atom is 0.237 e. The first kappa shape index (κ1) is 22.2. The molecule has 8 heteroatoms. The fraction of sp³-hybridized carbons (Fsp3) is 0.333. The molecule has 4 rings (SSSR count). The van der Waals surface area contributed by atoms with E-state index >= 15 is 0 Å². The van der Waals surface area contributed by atoms with Crippen LogP contribution in [0.5, 0.6) is 0 Å². The highest BCUT2D eigenvalue weighted by atomic mass is 32.2. The first-order chi connectivity index (χ1) is 15.3. The average Bonchev–Trinajstić information content (AvgIpc) is 3.37.